The molecule has 0 aliphatic carbocycles. The molecule has 1 amide bonds. The van der Waals surface area contributed by atoms with Crippen LogP contribution >= 0.6 is 0 Å². The van der Waals surface area contributed by atoms with E-state index in [1.807, 2.05) is 45.0 Å². The second kappa shape index (κ2) is 8.63. The van der Waals surface area contributed by atoms with Crippen molar-refractivity contribution >= 4 is 17.6 Å². The lowest BCUT2D eigenvalue weighted by molar-refractivity contribution is -0.122. The summed E-state index contributed by atoms with van der Waals surface area (Å²) in [5, 5.41) is 3.90. The standard InChI is InChI=1S/C24H24N2O5/c1-15-11-18-7-4-5-10-22(18)26(15)23(27)14-30-24(28)19-8-6-9-20(12-19)29-13-21-16(2)25-31-17(21)3/h4-10,12,15H,11,13-14H2,1-3H3/t15-/m0/s1. The second-order valence-corrected chi connectivity index (χ2v) is 7.64. The van der Waals surface area contributed by atoms with Crippen LogP contribution in [-0.4, -0.2) is 29.7 Å². The number of esters is 1. The summed E-state index contributed by atoms with van der Waals surface area (Å²) in [6.45, 7) is 5.62. The monoisotopic (exact) mass is 420 g/mol. The van der Waals surface area contributed by atoms with Crippen molar-refractivity contribution < 1.29 is 23.6 Å². The summed E-state index contributed by atoms with van der Waals surface area (Å²) in [6.07, 6.45) is 0.792. The lowest BCUT2D eigenvalue weighted by Crippen LogP contribution is -2.38. The molecule has 2 aromatic carbocycles. The number of benzene rings is 2. The zero-order valence-corrected chi connectivity index (χ0v) is 17.8. The number of para-hydroxylation sites is 1. The van der Waals surface area contributed by atoms with E-state index in [-0.39, 0.29) is 25.2 Å². The van der Waals surface area contributed by atoms with Crippen LogP contribution in [0.1, 0.15) is 39.9 Å². The van der Waals surface area contributed by atoms with Gasteiger partial charge in [0.15, 0.2) is 6.61 Å². The van der Waals surface area contributed by atoms with E-state index in [1.165, 1.54) is 0 Å². The number of carbonyl (C=O) groups excluding carboxylic acids is 2. The zero-order chi connectivity index (χ0) is 22.0. The molecule has 0 saturated carbocycles. The van der Waals surface area contributed by atoms with Crippen molar-refractivity contribution in [3.8, 4) is 5.75 Å². The fraction of sp³-hybridized carbons (Fsp3) is 0.292. The molecule has 0 N–H and O–H groups in total. The Morgan fingerprint density at radius 3 is 2.74 bits per heavy atom. The fourth-order valence-corrected chi connectivity index (χ4v) is 3.80. The third-order valence-corrected chi connectivity index (χ3v) is 5.44. The molecule has 0 bridgehead atoms. The summed E-state index contributed by atoms with van der Waals surface area (Å²) in [7, 11) is 0. The lowest BCUT2D eigenvalue weighted by Gasteiger charge is -2.22. The number of amides is 1. The Bertz CT molecular complexity index is 1100. The second-order valence-electron chi connectivity index (χ2n) is 7.64. The van der Waals surface area contributed by atoms with E-state index in [0.717, 1.165) is 28.9 Å². The summed E-state index contributed by atoms with van der Waals surface area (Å²) in [5.41, 5.74) is 3.96. The lowest BCUT2D eigenvalue weighted by atomic mass is 10.1. The van der Waals surface area contributed by atoms with Crippen molar-refractivity contribution in [2.75, 3.05) is 11.5 Å². The van der Waals surface area contributed by atoms with Crippen LogP contribution in [0.2, 0.25) is 0 Å². The molecule has 1 aliphatic rings. The van der Waals surface area contributed by atoms with Crippen molar-refractivity contribution in [2.45, 2.75) is 39.8 Å². The van der Waals surface area contributed by atoms with Gasteiger partial charge in [0.1, 0.15) is 18.1 Å². The van der Waals surface area contributed by atoms with E-state index >= 15 is 0 Å². The van der Waals surface area contributed by atoms with Crippen LogP contribution in [0.4, 0.5) is 5.69 Å². The van der Waals surface area contributed by atoms with E-state index in [0.29, 0.717) is 17.1 Å². The summed E-state index contributed by atoms with van der Waals surface area (Å²) >= 11 is 0. The molecule has 0 spiro atoms. The van der Waals surface area contributed by atoms with Crippen LogP contribution in [0, 0.1) is 13.8 Å². The van der Waals surface area contributed by atoms with Crippen LogP contribution in [-0.2, 0) is 22.6 Å². The van der Waals surface area contributed by atoms with Crippen molar-refractivity contribution in [3.05, 3.63) is 76.7 Å². The quantitative estimate of drug-likeness (QED) is 0.561. The van der Waals surface area contributed by atoms with Crippen LogP contribution in [0.15, 0.2) is 53.1 Å². The number of hydrogen-bond acceptors (Lipinski definition) is 6. The number of nitrogens with zero attached hydrogens (tertiary/aromatic N) is 2. The molecule has 31 heavy (non-hydrogen) atoms. The molecule has 7 heteroatoms. The highest BCUT2D eigenvalue weighted by atomic mass is 16.5. The van der Waals surface area contributed by atoms with E-state index in [4.69, 9.17) is 14.0 Å². The number of ether oxygens (including phenoxy) is 2. The minimum atomic E-state index is -0.573. The Balaban J connectivity index is 1.37. The fourth-order valence-electron chi connectivity index (χ4n) is 3.80. The normalized spacial score (nSPS) is 14.9. The molecule has 2 heterocycles. The highest BCUT2D eigenvalue weighted by molar-refractivity contribution is 5.99. The van der Waals surface area contributed by atoms with Gasteiger partial charge in [-0.3, -0.25) is 4.79 Å². The summed E-state index contributed by atoms with van der Waals surface area (Å²) in [6, 6.07) is 14.5. The SMILES string of the molecule is Cc1noc(C)c1COc1cccc(C(=O)OCC(=O)N2c3ccccc3C[C@@H]2C)c1. The first-order valence-electron chi connectivity index (χ1n) is 10.2. The van der Waals surface area contributed by atoms with Gasteiger partial charge in [-0.05, 0) is 57.0 Å². The average molecular weight is 420 g/mol. The number of aromatic nitrogens is 1. The van der Waals surface area contributed by atoms with Crippen molar-refractivity contribution in [1.29, 1.82) is 0 Å². The van der Waals surface area contributed by atoms with Gasteiger partial charge in [-0.2, -0.15) is 0 Å². The largest absolute Gasteiger partial charge is 0.489 e. The molecular weight excluding hydrogens is 396 g/mol. The Morgan fingerprint density at radius 1 is 1.16 bits per heavy atom. The number of aryl methyl sites for hydroxylation is 2. The van der Waals surface area contributed by atoms with E-state index < -0.39 is 5.97 Å². The highest BCUT2D eigenvalue weighted by Gasteiger charge is 2.31. The van der Waals surface area contributed by atoms with Gasteiger partial charge in [-0.15, -0.1) is 0 Å². The Labute approximate surface area is 180 Å². The molecular formula is C24H24N2O5. The maximum atomic E-state index is 12.7. The van der Waals surface area contributed by atoms with Crippen molar-refractivity contribution in [3.63, 3.8) is 0 Å². The first-order chi connectivity index (χ1) is 14.9. The summed E-state index contributed by atoms with van der Waals surface area (Å²) in [5.74, 6) is 0.403. The van der Waals surface area contributed by atoms with Crippen molar-refractivity contribution in [2.24, 2.45) is 0 Å². The minimum absolute atomic E-state index is 0.0321. The van der Waals surface area contributed by atoms with E-state index in [9.17, 15) is 9.59 Å². The average Bonchev–Trinajstić information content (AvgIpc) is 3.28. The van der Waals surface area contributed by atoms with Gasteiger partial charge < -0.3 is 18.9 Å². The maximum Gasteiger partial charge on any atom is 0.338 e. The Morgan fingerprint density at radius 2 is 1.97 bits per heavy atom. The molecule has 1 aliphatic heterocycles. The van der Waals surface area contributed by atoms with Gasteiger partial charge in [0.2, 0.25) is 0 Å². The highest BCUT2D eigenvalue weighted by Crippen LogP contribution is 2.31. The third-order valence-electron chi connectivity index (χ3n) is 5.44. The molecule has 4 rings (SSSR count). The third kappa shape index (κ3) is 4.30. The predicted octanol–water partition coefficient (Wildman–Crippen LogP) is 4.01. The zero-order valence-electron chi connectivity index (χ0n) is 17.8. The minimum Gasteiger partial charge on any atom is -0.489 e. The van der Waals surface area contributed by atoms with E-state index in [1.54, 1.807) is 29.2 Å². The van der Waals surface area contributed by atoms with Crippen LogP contribution in [0.5, 0.6) is 5.75 Å². The van der Waals surface area contributed by atoms with Crippen LogP contribution in [0.3, 0.4) is 0 Å². The van der Waals surface area contributed by atoms with Gasteiger partial charge >= 0.3 is 5.97 Å². The van der Waals surface area contributed by atoms with Crippen molar-refractivity contribution in [1.82, 2.24) is 5.16 Å². The first-order valence-corrected chi connectivity index (χ1v) is 10.2. The van der Waals surface area contributed by atoms with Crippen LogP contribution in [0.25, 0.3) is 0 Å². The topological polar surface area (TPSA) is 81.9 Å². The number of carbonyl (C=O) groups is 2. The van der Waals surface area contributed by atoms with E-state index in [2.05, 4.69) is 5.16 Å². The van der Waals surface area contributed by atoms with Gasteiger partial charge in [-0.25, -0.2) is 4.79 Å². The number of anilines is 1. The van der Waals surface area contributed by atoms with Gasteiger partial charge in [0.25, 0.3) is 5.91 Å². The molecule has 0 saturated heterocycles. The molecule has 3 aromatic rings. The number of hydrogen-bond donors (Lipinski definition) is 0. The molecule has 7 nitrogen and oxygen atoms in total. The Kier molecular flexibility index (Phi) is 5.75. The summed E-state index contributed by atoms with van der Waals surface area (Å²) < 4.78 is 16.2. The Hall–Kier alpha value is -3.61. The summed E-state index contributed by atoms with van der Waals surface area (Å²) in [4.78, 5) is 26.9. The van der Waals surface area contributed by atoms with Crippen LogP contribution < -0.4 is 9.64 Å². The predicted molar refractivity (Wildman–Crippen MR) is 114 cm³/mol. The van der Waals surface area contributed by atoms with Gasteiger partial charge in [0.05, 0.1) is 16.8 Å². The molecule has 0 unspecified atom stereocenters. The molecule has 160 valence electrons. The van der Waals surface area contributed by atoms with Gasteiger partial charge in [0, 0.05) is 11.7 Å². The molecule has 0 fully saturated rings. The first kappa shape index (κ1) is 20.7. The number of fused-ring (bicyclic) bond motifs is 1. The molecule has 1 atom stereocenters. The smallest absolute Gasteiger partial charge is 0.338 e. The number of rotatable bonds is 6. The molecule has 1 aromatic heterocycles. The van der Waals surface area contributed by atoms with Gasteiger partial charge in [-0.1, -0.05) is 29.4 Å². The maximum absolute atomic E-state index is 12.7. The molecule has 0 radical (unpaired) electrons.